The predicted octanol–water partition coefficient (Wildman–Crippen LogP) is 1.36. The van der Waals surface area contributed by atoms with Gasteiger partial charge in [0.25, 0.3) is 0 Å². The quantitative estimate of drug-likeness (QED) is 0.583. The molecule has 1 rings (SSSR count). The van der Waals surface area contributed by atoms with Crippen LogP contribution in [0.4, 0.5) is 0 Å². The highest BCUT2D eigenvalue weighted by atomic mass is 32.2. The molecule has 10 heavy (non-hydrogen) atoms. The summed E-state index contributed by atoms with van der Waals surface area (Å²) < 4.78 is 22.4. The standard InChI is InChI=1S/C7H14O2S/c1-2-7-5-3-4-6-10(7,8)9/h7H,2-6H2,1H3. The van der Waals surface area contributed by atoms with Crippen molar-refractivity contribution in [3.05, 3.63) is 0 Å². The van der Waals surface area contributed by atoms with Gasteiger partial charge in [-0.2, -0.15) is 0 Å². The first-order chi connectivity index (χ1) is 4.67. The van der Waals surface area contributed by atoms with Gasteiger partial charge in [-0.15, -0.1) is 0 Å². The van der Waals surface area contributed by atoms with Crippen LogP contribution >= 0.6 is 0 Å². The van der Waals surface area contributed by atoms with Crippen LogP contribution in [0.15, 0.2) is 0 Å². The Morgan fingerprint density at radius 1 is 1.40 bits per heavy atom. The van der Waals surface area contributed by atoms with E-state index < -0.39 is 9.84 Å². The lowest BCUT2D eigenvalue weighted by Gasteiger charge is -2.20. The second-order valence-corrected chi connectivity index (χ2v) is 5.29. The molecule has 0 aromatic carbocycles. The maximum absolute atomic E-state index is 11.2. The Morgan fingerprint density at radius 2 is 2.10 bits per heavy atom. The van der Waals surface area contributed by atoms with Crippen LogP contribution in [0.25, 0.3) is 0 Å². The molecule has 0 spiro atoms. The molecule has 1 aliphatic heterocycles. The van der Waals surface area contributed by atoms with Crippen LogP contribution in [0.2, 0.25) is 0 Å². The van der Waals surface area contributed by atoms with Gasteiger partial charge >= 0.3 is 0 Å². The SMILES string of the molecule is CCC1CCCCS1(=O)=O. The van der Waals surface area contributed by atoms with Gasteiger partial charge in [-0.05, 0) is 19.3 Å². The fourth-order valence-corrected chi connectivity index (χ4v) is 3.45. The Morgan fingerprint density at radius 3 is 2.50 bits per heavy atom. The summed E-state index contributed by atoms with van der Waals surface area (Å²) in [6, 6.07) is 0. The van der Waals surface area contributed by atoms with Crippen molar-refractivity contribution in [3.8, 4) is 0 Å². The van der Waals surface area contributed by atoms with E-state index in [2.05, 4.69) is 0 Å². The third kappa shape index (κ3) is 1.51. The van der Waals surface area contributed by atoms with Crippen LogP contribution in [0.5, 0.6) is 0 Å². The average Bonchev–Trinajstić information content (AvgIpc) is 1.87. The summed E-state index contributed by atoms with van der Waals surface area (Å²) in [5, 5.41) is -0.0266. The molecule has 1 unspecified atom stereocenters. The zero-order valence-corrected chi connectivity index (χ0v) is 7.15. The van der Waals surface area contributed by atoms with E-state index in [0.29, 0.717) is 5.75 Å². The molecule has 1 atom stereocenters. The lowest BCUT2D eigenvalue weighted by Crippen LogP contribution is -2.27. The van der Waals surface area contributed by atoms with Gasteiger partial charge in [-0.1, -0.05) is 13.3 Å². The van der Waals surface area contributed by atoms with E-state index >= 15 is 0 Å². The molecule has 0 aromatic rings. The minimum absolute atomic E-state index is 0.0266. The Hall–Kier alpha value is -0.0500. The summed E-state index contributed by atoms with van der Waals surface area (Å²) in [6.07, 6.45) is 3.65. The van der Waals surface area contributed by atoms with E-state index in [-0.39, 0.29) is 5.25 Å². The van der Waals surface area contributed by atoms with Crippen molar-refractivity contribution in [2.24, 2.45) is 0 Å². The molecule has 0 bridgehead atoms. The second-order valence-electron chi connectivity index (χ2n) is 2.89. The summed E-state index contributed by atoms with van der Waals surface area (Å²) in [5.74, 6) is 0.422. The first-order valence-electron chi connectivity index (χ1n) is 3.88. The third-order valence-electron chi connectivity index (χ3n) is 2.17. The van der Waals surface area contributed by atoms with E-state index in [1.807, 2.05) is 6.92 Å². The van der Waals surface area contributed by atoms with Gasteiger partial charge in [0.15, 0.2) is 9.84 Å². The molecule has 3 heteroatoms. The van der Waals surface area contributed by atoms with Crippen molar-refractivity contribution < 1.29 is 8.42 Å². The van der Waals surface area contributed by atoms with Gasteiger partial charge in [0.2, 0.25) is 0 Å². The maximum atomic E-state index is 11.2. The second kappa shape index (κ2) is 2.91. The summed E-state index contributed by atoms with van der Waals surface area (Å²) in [6.45, 7) is 1.95. The van der Waals surface area contributed by atoms with Crippen molar-refractivity contribution in [3.63, 3.8) is 0 Å². The van der Waals surface area contributed by atoms with Crippen LogP contribution in [0.1, 0.15) is 32.6 Å². The number of sulfone groups is 1. The van der Waals surface area contributed by atoms with Crippen LogP contribution < -0.4 is 0 Å². The van der Waals surface area contributed by atoms with Crippen molar-refractivity contribution in [1.82, 2.24) is 0 Å². The molecule has 0 amide bonds. The van der Waals surface area contributed by atoms with Crippen molar-refractivity contribution >= 4 is 9.84 Å². The van der Waals surface area contributed by atoms with Crippen LogP contribution in [0, 0.1) is 0 Å². The predicted molar refractivity (Wildman–Crippen MR) is 41.7 cm³/mol. The van der Waals surface area contributed by atoms with Crippen LogP contribution in [-0.4, -0.2) is 19.4 Å². The fourth-order valence-electron chi connectivity index (χ4n) is 1.48. The Labute approximate surface area is 62.5 Å². The lowest BCUT2D eigenvalue weighted by atomic mass is 10.1. The molecule has 2 nitrogen and oxygen atoms in total. The average molecular weight is 162 g/mol. The lowest BCUT2D eigenvalue weighted by molar-refractivity contribution is 0.534. The van der Waals surface area contributed by atoms with Gasteiger partial charge in [-0.25, -0.2) is 8.42 Å². The first kappa shape index (κ1) is 8.05. The van der Waals surface area contributed by atoms with E-state index in [4.69, 9.17) is 0 Å². The monoisotopic (exact) mass is 162 g/mol. The minimum Gasteiger partial charge on any atom is -0.229 e. The van der Waals surface area contributed by atoms with Gasteiger partial charge in [0.05, 0.1) is 11.0 Å². The molecule has 1 heterocycles. The zero-order valence-electron chi connectivity index (χ0n) is 6.34. The Bertz CT molecular complexity index is 194. The van der Waals surface area contributed by atoms with Gasteiger partial charge < -0.3 is 0 Å². The molecule has 1 aliphatic rings. The largest absolute Gasteiger partial charge is 0.229 e. The highest BCUT2D eigenvalue weighted by Crippen LogP contribution is 2.21. The summed E-state index contributed by atoms with van der Waals surface area (Å²) in [4.78, 5) is 0. The smallest absolute Gasteiger partial charge is 0.153 e. The molecule has 1 fully saturated rings. The minimum atomic E-state index is -2.67. The van der Waals surface area contributed by atoms with E-state index in [1.54, 1.807) is 0 Å². The molecule has 0 saturated carbocycles. The van der Waals surface area contributed by atoms with Gasteiger partial charge in [0.1, 0.15) is 0 Å². The summed E-state index contributed by atoms with van der Waals surface area (Å²) in [5.41, 5.74) is 0. The maximum Gasteiger partial charge on any atom is 0.153 e. The van der Waals surface area contributed by atoms with E-state index in [0.717, 1.165) is 25.7 Å². The zero-order chi connectivity index (χ0) is 7.61. The van der Waals surface area contributed by atoms with Gasteiger partial charge in [-0.3, -0.25) is 0 Å². The molecule has 0 radical (unpaired) electrons. The third-order valence-corrected chi connectivity index (χ3v) is 4.61. The molecule has 1 saturated heterocycles. The van der Waals surface area contributed by atoms with Crippen molar-refractivity contribution in [1.29, 1.82) is 0 Å². The summed E-state index contributed by atoms with van der Waals surface area (Å²) in [7, 11) is -2.67. The van der Waals surface area contributed by atoms with Crippen LogP contribution in [-0.2, 0) is 9.84 Å². The van der Waals surface area contributed by atoms with E-state index in [1.165, 1.54) is 0 Å². The highest BCUT2D eigenvalue weighted by Gasteiger charge is 2.26. The molecule has 0 aliphatic carbocycles. The molecule has 60 valence electrons. The molecule has 0 aromatic heterocycles. The number of hydrogen-bond donors (Lipinski definition) is 0. The van der Waals surface area contributed by atoms with E-state index in [9.17, 15) is 8.42 Å². The number of hydrogen-bond acceptors (Lipinski definition) is 2. The van der Waals surface area contributed by atoms with Crippen LogP contribution in [0.3, 0.4) is 0 Å². The first-order valence-corrected chi connectivity index (χ1v) is 5.60. The molecule has 0 N–H and O–H groups in total. The molecular formula is C7H14O2S. The van der Waals surface area contributed by atoms with Crippen molar-refractivity contribution in [2.75, 3.05) is 5.75 Å². The molecular weight excluding hydrogens is 148 g/mol. The topological polar surface area (TPSA) is 34.1 Å². The Balaban J connectivity index is 2.70. The highest BCUT2D eigenvalue weighted by molar-refractivity contribution is 7.92. The summed E-state index contributed by atoms with van der Waals surface area (Å²) >= 11 is 0. The van der Waals surface area contributed by atoms with Gasteiger partial charge in [0, 0.05) is 0 Å². The fraction of sp³-hybridized carbons (Fsp3) is 1.00. The number of rotatable bonds is 1. The normalized spacial score (nSPS) is 31.9. The Kier molecular flexibility index (Phi) is 2.34. The van der Waals surface area contributed by atoms with Crippen molar-refractivity contribution in [2.45, 2.75) is 37.9 Å².